The van der Waals surface area contributed by atoms with Gasteiger partial charge in [0.1, 0.15) is 0 Å². The number of aliphatic carboxylic acids is 2. The van der Waals surface area contributed by atoms with Crippen molar-refractivity contribution in [1.82, 2.24) is 0 Å². The third-order valence-corrected chi connectivity index (χ3v) is 4.34. The van der Waals surface area contributed by atoms with Gasteiger partial charge in [-0.3, -0.25) is 9.59 Å². The molecule has 0 heterocycles. The SMILES string of the molecule is CC(C)(CCCCC(O)CCCCC(C)(C)C(=O)O)C(=O)O.[K+].[OH-]. The second-order valence-electron chi connectivity index (χ2n) is 7.52. The van der Waals surface area contributed by atoms with Gasteiger partial charge in [0.25, 0.3) is 0 Å². The van der Waals surface area contributed by atoms with Crippen LogP contribution in [0, 0.1) is 10.8 Å². The minimum atomic E-state index is -0.783. The van der Waals surface area contributed by atoms with E-state index < -0.39 is 22.8 Å². The molecule has 0 saturated heterocycles. The number of aliphatic hydroxyl groups is 1. The molecule has 0 fully saturated rings. The molecular weight excluding hydrogens is 339 g/mol. The van der Waals surface area contributed by atoms with E-state index >= 15 is 0 Å². The third-order valence-electron chi connectivity index (χ3n) is 4.34. The second kappa shape index (κ2) is 13.7. The van der Waals surface area contributed by atoms with Gasteiger partial charge in [-0.05, 0) is 53.4 Å². The van der Waals surface area contributed by atoms with E-state index in [0.29, 0.717) is 25.7 Å². The van der Waals surface area contributed by atoms with Gasteiger partial charge >= 0.3 is 63.3 Å². The Morgan fingerprint density at radius 2 is 1.08 bits per heavy atom. The molecule has 0 aromatic rings. The van der Waals surface area contributed by atoms with Crippen molar-refractivity contribution in [2.75, 3.05) is 0 Å². The Balaban J connectivity index is -0.00000220. The Morgan fingerprint density at radius 3 is 1.33 bits per heavy atom. The van der Waals surface area contributed by atoms with Gasteiger partial charge in [0.05, 0.1) is 16.9 Å². The van der Waals surface area contributed by atoms with Crippen LogP contribution in [-0.4, -0.2) is 38.8 Å². The molecule has 0 spiro atoms. The molecule has 0 aliphatic carbocycles. The van der Waals surface area contributed by atoms with Crippen molar-refractivity contribution in [3.05, 3.63) is 0 Å². The van der Waals surface area contributed by atoms with E-state index in [1.807, 2.05) is 0 Å². The van der Waals surface area contributed by atoms with Gasteiger partial charge < -0.3 is 20.8 Å². The minimum Gasteiger partial charge on any atom is -0.870 e. The molecule has 0 aromatic heterocycles. The standard InChI is InChI=1S/C17H32O5.K.H2O/c1-16(2,14(19)20)11-7-5-9-13(18)10-6-8-12-17(3,4)15(21)22;;/h13,18H,5-12H2,1-4H3,(H,19,20)(H,21,22);;1H2/q;+1;/p-1. The molecule has 138 valence electrons. The van der Waals surface area contributed by atoms with E-state index in [0.717, 1.165) is 25.7 Å². The van der Waals surface area contributed by atoms with Crippen LogP contribution in [0.5, 0.6) is 0 Å². The molecule has 0 bridgehead atoms. The maximum absolute atomic E-state index is 11.0. The fourth-order valence-electron chi connectivity index (χ4n) is 2.25. The van der Waals surface area contributed by atoms with Crippen molar-refractivity contribution in [3.8, 4) is 0 Å². The van der Waals surface area contributed by atoms with Crippen molar-refractivity contribution in [3.63, 3.8) is 0 Å². The molecule has 0 radical (unpaired) electrons. The molecule has 0 aliphatic heterocycles. The topological polar surface area (TPSA) is 125 Å². The van der Waals surface area contributed by atoms with Gasteiger partial charge in [0, 0.05) is 0 Å². The zero-order chi connectivity index (χ0) is 17.4. The average molecular weight is 373 g/mol. The summed E-state index contributed by atoms with van der Waals surface area (Å²) in [4.78, 5) is 21.9. The van der Waals surface area contributed by atoms with Crippen molar-refractivity contribution < 1.29 is 81.8 Å². The molecule has 0 atom stereocenters. The minimum absolute atomic E-state index is 0. The van der Waals surface area contributed by atoms with Crippen molar-refractivity contribution in [1.29, 1.82) is 0 Å². The Hall–Kier alpha value is 0.496. The molecule has 0 unspecified atom stereocenters. The summed E-state index contributed by atoms with van der Waals surface area (Å²) in [6.07, 6.45) is 5.43. The van der Waals surface area contributed by atoms with Crippen LogP contribution in [0.4, 0.5) is 0 Å². The molecule has 0 rings (SSSR count). The summed E-state index contributed by atoms with van der Waals surface area (Å²) in [5.41, 5.74) is -1.40. The molecule has 7 heteroatoms. The van der Waals surface area contributed by atoms with Gasteiger partial charge in [0.2, 0.25) is 0 Å². The first kappa shape index (κ1) is 29.3. The van der Waals surface area contributed by atoms with Crippen LogP contribution in [-0.2, 0) is 9.59 Å². The fourth-order valence-corrected chi connectivity index (χ4v) is 2.25. The number of rotatable bonds is 12. The molecule has 0 saturated carbocycles. The Kier molecular flexibility index (Phi) is 16.7. The zero-order valence-corrected chi connectivity index (χ0v) is 19.0. The van der Waals surface area contributed by atoms with E-state index in [1.54, 1.807) is 27.7 Å². The monoisotopic (exact) mass is 372 g/mol. The summed E-state index contributed by atoms with van der Waals surface area (Å²) in [5, 5.41) is 27.9. The summed E-state index contributed by atoms with van der Waals surface area (Å²) < 4.78 is 0. The number of carbonyl (C=O) groups is 2. The smallest absolute Gasteiger partial charge is 0.870 e. The summed E-state index contributed by atoms with van der Waals surface area (Å²) in [6.45, 7) is 6.87. The Morgan fingerprint density at radius 1 is 0.792 bits per heavy atom. The van der Waals surface area contributed by atoms with Crippen LogP contribution < -0.4 is 51.4 Å². The molecule has 0 amide bonds. The van der Waals surface area contributed by atoms with Crippen LogP contribution >= 0.6 is 0 Å². The summed E-state index contributed by atoms with van der Waals surface area (Å²) in [6, 6.07) is 0. The van der Waals surface area contributed by atoms with Crippen LogP contribution in [0.3, 0.4) is 0 Å². The predicted molar refractivity (Wildman–Crippen MR) is 87.7 cm³/mol. The number of hydrogen-bond acceptors (Lipinski definition) is 4. The van der Waals surface area contributed by atoms with E-state index in [-0.39, 0.29) is 63.0 Å². The van der Waals surface area contributed by atoms with Gasteiger partial charge in [-0.25, -0.2) is 0 Å². The summed E-state index contributed by atoms with van der Waals surface area (Å²) >= 11 is 0. The number of carboxylic acids is 2. The van der Waals surface area contributed by atoms with Crippen molar-refractivity contribution in [2.45, 2.75) is 85.2 Å². The van der Waals surface area contributed by atoms with E-state index in [2.05, 4.69) is 0 Å². The van der Waals surface area contributed by atoms with E-state index in [4.69, 9.17) is 10.2 Å². The summed E-state index contributed by atoms with van der Waals surface area (Å²) in [5.74, 6) is -1.57. The Labute approximate surface area is 188 Å². The Bertz CT molecular complexity index is 334. The molecular formula is C17H33KO6. The first-order valence-electron chi connectivity index (χ1n) is 8.14. The maximum atomic E-state index is 11.0. The number of aliphatic hydroxyl groups excluding tert-OH is 1. The zero-order valence-electron chi connectivity index (χ0n) is 15.8. The second-order valence-corrected chi connectivity index (χ2v) is 7.52. The number of hydrogen-bond donors (Lipinski definition) is 3. The van der Waals surface area contributed by atoms with Gasteiger partial charge in [0.15, 0.2) is 0 Å². The van der Waals surface area contributed by atoms with Crippen LogP contribution in [0.2, 0.25) is 0 Å². The largest absolute Gasteiger partial charge is 1.00 e. The number of carboxylic acid groups (broad SMARTS) is 2. The first-order valence-corrected chi connectivity index (χ1v) is 8.14. The van der Waals surface area contributed by atoms with Crippen molar-refractivity contribution >= 4 is 11.9 Å². The van der Waals surface area contributed by atoms with E-state index in [9.17, 15) is 14.7 Å². The van der Waals surface area contributed by atoms with Crippen LogP contribution in [0.15, 0.2) is 0 Å². The maximum Gasteiger partial charge on any atom is 1.00 e. The molecule has 6 nitrogen and oxygen atoms in total. The van der Waals surface area contributed by atoms with Crippen molar-refractivity contribution in [2.24, 2.45) is 10.8 Å². The third kappa shape index (κ3) is 12.8. The van der Waals surface area contributed by atoms with Gasteiger partial charge in [-0.1, -0.05) is 25.7 Å². The van der Waals surface area contributed by atoms with Gasteiger partial charge in [-0.15, -0.1) is 0 Å². The number of unbranched alkanes of at least 4 members (excludes halogenated alkanes) is 2. The predicted octanol–water partition coefficient (Wildman–Crippen LogP) is 0.517. The molecule has 24 heavy (non-hydrogen) atoms. The summed E-state index contributed by atoms with van der Waals surface area (Å²) in [7, 11) is 0. The van der Waals surface area contributed by atoms with Crippen LogP contribution in [0.25, 0.3) is 0 Å². The molecule has 0 aliphatic rings. The van der Waals surface area contributed by atoms with Gasteiger partial charge in [-0.2, -0.15) is 0 Å². The van der Waals surface area contributed by atoms with E-state index in [1.165, 1.54) is 0 Å². The first-order chi connectivity index (χ1) is 9.99. The molecule has 0 aromatic carbocycles. The van der Waals surface area contributed by atoms with Crippen LogP contribution in [0.1, 0.15) is 79.1 Å². The average Bonchev–Trinajstić information content (AvgIpc) is 2.39. The molecule has 4 N–H and O–H groups in total. The quantitative estimate of drug-likeness (QED) is 0.339. The normalized spacial score (nSPS) is 11.6. The fraction of sp³-hybridized carbons (Fsp3) is 0.882.